The fourth-order valence-corrected chi connectivity index (χ4v) is 1.49. The molecule has 2 N–H and O–H groups in total. The third kappa shape index (κ3) is 6.28. The highest BCUT2D eigenvalue weighted by Gasteiger charge is 2.31. The number of aliphatic hydroxyl groups excluding tert-OH is 1. The number of hydrogen-bond donors (Lipinski definition) is 2. The van der Waals surface area contributed by atoms with Crippen LogP contribution < -0.4 is 5.32 Å². The maximum atomic E-state index is 13.4. The summed E-state index contributed by atoms with van der Waals surface area (Å²) in [5, 5.41) is 12.0. The number of ether oxygens (including phenoxy) is 2. The van der Waals surface area contributed by atoms with E-state index in [4.69, 9.17) is 9.47 Å². The number of hydrogen-bond acceptors (Lipinski definition) is 4. The summed E-state index contributed by atoms with van der Waals surface area (Å²) in [4.78, 5) is 0. The predicted octanol–water partition coefficient (Wildman–Crippen LogP) is 2.28. The normalized spacial score (nSPS) is 13.2. The molecule has 0 bridgehead atoms. The van der Waals surface area contributed by atoms with Gasteiger partial charge in [-0.15, -0.1) is 0 Å². The minimum atomic E-state index is -4.55. The molecule has 0 fully saturated rings. The molecular weight excluding hydrogens is 294 g/mol. The van der Waals surface area contributed by atoms with Gasteiger partial charge < -0.3 is 19.9 Å². The van der Waals surface area contributed by atoms with Crippen LogP contribution in [0, 0.1) is 5.82 Å². The molecule has 1 aromatic rings. The lowest BCUT2D eigenvalue weighted by atomic mass is 10.2. The van der Waals surface area contributed by atoms with Crippen LogP contribution in [-0.2, 0) is 15.7 Å². The number of halogens is 4. The summed E-state index contributed by atoms with van der Waals surface area (Å²) >= 11 is 0. The lowest BCUT2D eigenvalue weighted by molar-refractivity contribution is -0.137. The number of aliphatic hydroxyl groups is 1. The van der Waals surface area contributed by atoms with E-state index in [1.54, 1.807) is 0 Å². The Hall–Kier alpha value is -1.38. The highest BCUT2D eigenvalue weighted by atomic mass is 19.4. The van der Waals surface area contributed by atoms with E-state index >= 15 is 0 Å². The zero-order chi connectivity index (χ0) is 15.9. The van der Waals surface area contributed by atoms with Crippen molar-refractivity contribution in [2.75, 3.05) is 38.8 Å². The topological polar surface area (TPSA) is 50.7 Å². The van der Waals surface area contributed by atoms with Crippen molar-refractivity contribution in [3.8, 4) is 0 Å². The van der Waals surface area contributed by atoms with E-state index in [-0.39, 0.29) is 25.4 Å². The second-order valence-electron chi connectivity index (χ2n) is 4.29. The summed E-state index contributed by atoms with van der Waals surface area (Å²) in [6, 6.07) is 2.05. The fraction of sp³-hybridized carbons (Fsp3) is 0.538. The quantitative estimate of drug-likeness (QED) is 0.571. The fourth-order valence-electron chi connectivity index (χ4n) is 1.49. The summed E-state index contributed by atoms with van der Waals surface area (Å²) in [5.74, 6) is -0.824. The number of benzene rings is 1. The molecule has 0 heterocycles. The molecule has 0 aromatic heterocycles. The Kier molecular flexibility index (Phi) is 6.86. The van der Waals surface area contributed by atoms with E-state index in [1.165, 1.54) is 7.11 Å². The van der Waals surface area contributed by atoms with Crippen molar-refractivity contribution in [1.29, 1.82) is 0 Å². The van der Waals surface area contributed by atoms with Crippen LogP contribution in [0.25, 0.3) is 0 Å². The minimum absolute atomic E-state index is 0.0308. The molecule has 1 rings (SSSR count). The Balaban J connectivity index is 2.51. The molecule has 0 spiro atoms. The highest BCUT2D eigenvalue weighted by Crippen LogP contribution is 2.31. The number of methoxy groups -OCH3 is 1. The smallest absolute Gasteiger partial charge is 0.389 e. The lowest BCUT2D eigenvalue weighted by Gasteiger charge is -2.15. The zero-order valence-electron chi connectivity index (χ0n) is 11.4. The third-order valence-corrected chi connectivity index (χ3v) is 2.56. The highest BCUT2D eigenvalue weighted by molar-refractivity contribution is 5.48. The molecule has 0 aliphatic rings. The van der Waals surface area contributed by atoms with E-state index in [2.05, 4.69) is 5.32 Å². The molecule has 21 heavy (non-hydrogen) atoms. The number of alkyl halides is 3. The molecule has 8 heteroatoms. The van der Waals surface area contributed by atoms with Gasteiger partial charge in [0.05, 0.1) is 37.2 Å². The summed E-state index contributed by atoms with van der Waals surface area (Å²) in [6.07, 6.45) is -5.53. The van der Waals surface area contributed by atoms with Gasteiger partial charge >= 0.3 is 6.18 Å². The lowest BCUT2D eigenvalue weighted by Crippen LogP contribution is -2.26. The van der Waals surface area contributed by atoms with Gasteiger partial charge in [0.2, 0.25) is 0 Å². The Morgan fingerprint density at radius 2 is 2.00 bits per heavy atom. The van der Waals surface area contributed by atoms with Gasteiger partial charge in [0.25, 0.3) is 0 Å². The first-order valence-corrected chi connectivity index (χ1v) is 6.20. The molecule has 0 saturated heterocycles. The number of nitrogens with one attached hydrogen (secondary N) is 1. The van der Waals surface area contributed by atoms with Gasteiger partial charge in [0.15, 0.2) is 0 Å². The second-order valence-corrected chi connectivity index (χ2v) is 4.29. The van der Waals surface area contributed by atoms with E-state index in [0.717, 1.165) is 6.07 Å². The van der Waals surface area contributed by atoms with Crippen LogP contribution in [0.15, 0.2) is 18.2 Å². The SMILES string of the molecule is COCCOCC(O)CNc1cc(C(F)(F)F)ccc1F. The van der Waals surface area contributed by atoms with Gasteiger partial charge in [-0.3, -0.25) is 0 Å². The zero-order valence-corrected chi connectivity index (χ0v) is 11.4. The van der Waals surface area contributed by atoms with Gasteiger partial charge in [-0.05, 0) is 18.2 Å². The summed E-state index contributed by atoms with van der Waals surface area (Å²) in [5.41, 5.74) is -1.28. The van der Waals surface area contributed by atoms with E-state index in [0.29, 0.717) is 18.7 Å². The number of anilines is 1. The first kappa shape index (κ1) is 17.7. The van der Waals surface area contributed by atoms with E-state index in [9.17, 15) is 22.7 Å². The van der Waals surface area contributed by atoms with Crippen molar-refractivity contribution in [1.82, 2.24) is 0 Å². The van der Waals surface area contributed by atoms with Crippen LogP contribution in [0.3, 0.4) is 0 Å². The van der Waals surface area contributed by atoms with Crippen LogP contribution in [-0.4, -0.2) is 44.7 Å². The molecule has 0 radical (unpaired) electrons. The van der Waals surface area contributed by atoms with Crippen molar-refractivity contribution >= 4 is 5.69 Å². The standard InChI is InChI=1S/C13H17F4NO3/c1-20-4-5-21-8-10(19)7-18-12-6-9(13(15,16)17)2-3-11(12)14/h2-3,6,10,18-19H,4-5,7-8H2,1H3. The largest absolute Gasteiger partial charge is 0.416 e. The average molecular weight is 311 g/mol. The molecule has 0 amide bonds. The molecule has 0 aliphatic heterocycles. The van der Waals surface area contributed by atoms with Crippen molar-refractivity contribution in [3.05, 3.63) is 29.6 Å². The average Bonchev–Trinajstić information content (AvgIpc) is 2.41. The second kappa shape index (κ2) is 8.16. The molecular formula is C13H17F4NO3. The Morgan fingerprint density at radius 1 is 1.29 bits per heavy atom. The molecule has 120 valence electrons. The van der Waals surface area contributed by atoms with Crippen molar-refractivity contribution in [3.63, 3.8) is 0 Å². The Labute approximate surface area is 119 Å². The Bertz CT molecular complexity index is 440. The van der Waals surface area contributed by atoms with E-state index in [1.807, 2.05) is 0 Å². The molecule has 1 atom stereocenters. The van der Waals surface area contributed by atoms with Gasteiger partial charge in [-0.1, -0.05) is 0 Å². The minimum Gasteiger partial charge on any atom is -0.389 e. The molecule has 1 aromatic carbocycles. The first-order valence-electron chi connectivity index (χ1n) is 6.20. The van der Waals surface area contributed by atoms with Crippen LogP contribution >= 0.6 is 0 Å². The Morgan fingerprint density at radius 3 is 2.62 bits per heavy atom. The first-order chi connectivity index (χ1) is 9.84. The predicted molar refractivity (Wildman–Crippen MR) is 68.6 cm³/mol. The van der Waals surface area contributed by atoms with Crippen LogP contribution in [0.2, 0.25) is 0 Å². The monoisotopic (exact) mass is 311 g/mol. The maximum absolute atomic E-state index is 13.4. The molecule has 0 aliphatic carbocycles. The molecule has 0 saturated carbocycles. The van der Waals surface area contributed by atoms with Gasteiger partial charge in [0.1, 0.15) is 5.82 Å². The maximum Gasteiger partial charge on any atom is 0.416 e. The van der Waals surface area contributed by atoms with Gasteiger partial charge in [-0.2, -0.15) is 13.2 Å². The van der Waals surface area contributed by atoms with E-state index < -0.39 is 23.7 Å². The van der Waals surface area contributed by atoms with Crippen LogP contribution in [0.1, 0.15) is 5.56 Å². The number of rotatable bonds is 8. The summed E-state index contributed by atoms with van der Waals surface area (Å²) in [7, 11) is 1.50. The van der Waals surface area contributed by atoms with Gasteiger partial charge in [0, 0.05) is 13.7 Å². The summed E-state index contributed by atoms with van der Waals surface area (Å²) < 4.78 is 60.7. The van der Waals surface area contributed by atoms with Crippen LogP contribution in [0.4, 0.5) is 23.2 Å². The van der Waals surface area contributed by atoms with Gasteiger partial charge in [-0.25, -0.2) is 4.39 Å². The molecule has 1 unspecified atom stereocenters. The third-order valence-electron chi connectivity index (χ3n) is 2.56. The molecule has 4 nitrogen and oxygen atoms in total. The van der Waals surface area contributed by atoms with Crippen molar-refractivity contribution in [2.45, 2.75) is 12.3 Å². The van der Waals surface area contributed by atoms with Crippen LogP contribution in [0.5, 0.6) is 0 Å². The van der Waals surface area contributed by atoms with Crippen molar-refractivity contribution < 1.29 is 32.1 Å². The summed E-state index contributed by atoms with van der Waals surface area (Å²) in [6.45, 7) is 0.482. The van der Waals surface area contributed by atoms with Crippen molar-refractivity contribution in [2.24, 2.45) is 0 Å².